The van der Waals surface area contributed by atoms with Gasteiger partial charge in [0.2, 0.25) is 5.91 Å². The van der Waals surface area contributed by atoms with E-state index in [0.29, 0.717) is 0 Å². The summed E-state index contributed by atoms with van der Waals surface area (Å²) in [6.45, 7) is 2.11. The van der Waals surface area contributed by atoms with Gasteiger partial charge in [-0.3, -0.25) is 4.79 Å². The van der Waals surface area contributed by atoms with Crippen molar-refractivity contribution in [1.82, 2.24) is 5.32 Å². The molecule has 0 radical (unpaired) electrons. The Bertz CT molecular complexity index is 460. The number of aromatic hydroxyl groups is 1. The van der Waals surface area contributed by atoms with Gasteiger partial charge in [0.05, 0.1) is 13.0 Å². The van der Waals surface area contributed by atoms with Gasteiger partial charge in [-0.15, -0.1) is 0 Å². The number of amides is 1. The largest absolute Gasteiger partial charge is 0.508 e. The van der Waals surface area contributed by atoms with Gasteiger partial charge in [-0.2, -0.15) is 0 Å². The Hall–Kier alpha value is -1.55. The molecule has 0 aromatic heterocycles. The summed E-state index contributed by atoms with van der Waals surface area (Å²) >= 11 is 0. The van der Waals surface area contributed by atoms with Crippen molar-refractivity contribution in [2.24, 2.45) is 5.41 Å². The molecule has 2 unspecified atom stereocenters. The van der Waals surface area contributed by atoms with Gasteiger partial charge in [-0.25, -0.2) is 0 Å². The Balaban J connectivity index is 1.95. The van der Waals surface area contributed by atoms with Crippen molar-refractivity contribution in [2.75, 3.05) is 6.61 Å². The summed E-state index contributed by atoms with van der Waals surface area (Å²) in [7, 11) is 0. The van der Waals surface area contributed by atoms with Gasteiger partial charge < -0.3 is 15.5 Å². The summed E-state index contributed by atoms with van der Waals surface area (Å²) in [5.41, 5.74) is 0.593. The second-order valence-electron chi connectivity index (χ2n) is 5.67. The Labute approximate surface area is 113 Å². The molecule has 0 bridgehead atoms. The van der Waals surface area contributed by atoms with Gasteiger partial charge in [0.15, 0.2) is 0 Å². The van der Waals surface area contributed by atoms with Crippen molar-refractivity contribution < 1.29 is 15.0 Å². The summed E-state index contributed by atoms with van der Waals surface area (Å²) in [5.74, 6) is 0.114. The van der Waals surface area contributed by atoms with E-state index in [0.717, 1.165) is 24.8 Å². The van der Waals surface area contributed by atoms with Crippen LogP contribution in [0.4, 0.5) is 0 Å². The Morgan fingerprint density at radius 2 is 2.32 bits per heavy atom. The molecule has 3 N–H and O–H groups in total. The molecule has 1 aliphatic rings. The van der Waals surface area contributed by atoms with E-state index in [1.807, 2.05) is 13.0 Å². The fourth-order valence-corrected chi connectivity index (χ4v) is 2.77. The zero-order valence-electron chi connectivity index (χ0n) is 11.2. The van der Waals surface area contributed by atoms with Crippen LogP contribution in [0, 0.1) is 5.41 Å². The highest BCUT2D eigenvalue weighted by molar-refractivity contribution is 5.79. The van der Waals surface area contributed by atoms with Crippen LogP contribution in [0.5, 0.6) is 5.75 Å². The van der Waals surface area contributed by atoms with Gasteiger partial charge in [-0.05, 0) is 30.5 Å². The van der Waals surface area contributed by atoms with Crippen molar-refractivity contribution in [3.05, 3.63) is 29.8 Å². The predicted octanol–water partition coefficient (Wildman–Crippen LogP) is 1.60. The van der Waals surface area contributed by atoms with Gasteiger partial charge >= 0.3 is 0 Å². The van der Waals surface area contributed by atoms with Crippen LogP contribution in [0.2, 0.25) is 0 Å². The van der Waals surface area contributed by atoms with Crippen molar-refractivity contribution >= 4 is 5.91 Å². The lowest BCUT2D eigenvalue weighted by atomic mass is 9.85. The van der Waals surface area contributed by atoms with Crippen LogP contribution >= 0.6 is 0 Å². The predicted molar refractivity (Wildman–Crippen MR) is 72.8 cm³/mol. The number of hydrogen-bond donors (Lipinski definition) is 3. The van der Waals surface area contributed by atoms with Crippen LogP contribution in [0.15, 0.2) is 24.3 Å². The molecule has 0 heterocycles. The van der Waals surface area contributed by atoms with Crippen LogP contribution in [0.3, 0.4) is 0 Å². The third kappa shape index (κ3) is 3.26. The maximum Gasteiger partial charge on any atom is 0.224 e. The number of carbonyl (C=O) groups is 1. The molecule has 1 amide bonds. The molecule has 104 valence electrons. The molecule has 1 fully saturated rings. The summed E-state index contributed by atoms with van der Waals surface area (Å²) in [5, 5.41) is 21.8. The maximum absolute atomic E-state index is 12.0. The first-order valence-corrected chi connectivity index (χ1v) is 6.72. The third-order valence-electron chi connectivity index (χ3n) is 4.05. The smallest absolute Gasteiger partial charge is 0.224 e. The average molecular weight is 263 g/mol. The summed E-state index contributed by atoms with van der Waals surface area (Å²) in [6.07, 6.45) is 3.16. The molecular formula is C15H21NO3. The lowest BCUT2D eigenvalue weighted by Gasteiger charge is -2.30. The van der Waals surface area contributed by atoms with Crippen LogP contribution in [0.1, 0.15) is 31.7 Å². The first-order valence-electron chi connectivity index (χ1n) is 6.72. The highest BCUT2D eigenvalue weighted by atomic mass is 16.3. The van der Waals surface area contributed by atoms with Crippen LogP contribution < -0.4 is 5.32 Å². The van der Waals surface area contributed by atoms with E-state index in [1.165, 1.54) is 0 Å². The number of rotatable bonds is 4. The molecule has 4 nitrogen and oxygen atoms in total. The van der Waals surface area contributed by atoms with Crippen molar-refractivity contribution in [3.63, 3.8) is 0 Å². The van der Waals surface area contributed by atoms with Gasteiger partial charge in [0, 0.05) is 11.5 Å². The van der Waals surface area contributed by atoms with E-state index >= 15 is 0 Å². The summed E-state index contributed by atoms with van der Waals surface area (Å²) < 4.78 is 0. The van der Waals surface area contributed by atoms with E-state index in [2.05, 4.69) is 5.32 Å². The first kappa shape index (κ1) is 13.9. The van der Waals surface area contributed by atoms with E-state index in [1.54, 1.807) is 18.2 Å². The number of hydrogen-bond acceptors (Lipinski definition) is 3. The fourth-order valence-electron chi connectivity index (χ4n) is 2.77. The van der Waals surface area contributed by atoms with Crippen LogP contribution in [-0.2, 0) is 11.2 Å². The Morgan fingerprint density at radius 3 is 3.00 bits per heavy atom. The van der Waals surface area contributed by atoms with Crippen molar-refractivity contribution in [1.29, 1.82) is 0 Å². The number of aliphatic hydroxyl groups excluding tert-OH is 1. The van der Waals surface area contributed by atoms with Gasteiger partial charge in [0.1, 0.15) is 5.75 Å². The maximum atomic E-state index is 12.0. The molecule has 1 aromatic rings. The Kier molecular flexibility index (Phi) is 4.10. The molecule has 0 spiro atoms. The molecule has 0 aliphatic heterocycles. The molecule has 1 aliphatic carbocycles. The zero-order valence-corrected chi connectivity index (χ0v) is 11.2. The van der Waals surface area contributed by atoms with Crippen molar-refractivity contribution in [3.8, 4) is 5.75 Å². The topological polar surface area (TPSA) is 69.6 Å². The molecule has 1 aromatic carbocycles. The average Bonchev–Trinajstić information content (AvgIpc) is 2.71. The molecule has 19 heavy (non-hydrogen) atoms. The second kappa shape index (κ2) is 5.61. The third-order valence-corrected chi connectivity index (χ3v) is 4.05. The molecular weight excluding hydrogens is 242 g/mol. The highest BCUT2D eigenvalue weighted by Crippen LogP contribution is 2.37. The lowest BCUT2D eigenvalue weighted by molar-refractivity contribution is -0.122. The number of phenolic OH excluding ortho intramolecular Hbond substituents is 1. The molecule has 2 atom stereocenters. The van der Waals surface area contributed by atoms with Crippen LogP contribution in [0.25, 0.3) is 0 Å². The number of nitrogens with one attached hydrogen (secondary N) is 1. The van der Waals surface area contributed by atoms with Gasteiger partial charge in [-0.1, -0.05) is 25.5 Å². The fraction of sp³-hybridized carbons (Fsp3) is 0.533. The minimum Gasteiger partial charge on any atom is -0.508 e. The molecule has 0 saturated heterocycles. The Morgan fingerprint density at radius 1 is 1.53 bits per heavy atom. The summed E-state index contributed by atoms with van der Waals surface area (Å²) in [6, 6.07) is 6.77. The monoisotopic (exact) mass is 263 g/mol. The number of aliphatic hydroxyl groups is 1. The first-order chi connectivity index (χ1) is 9.03. The van der Waals surface area contributed by atoms with E-state index in [9.17, 15) is 15.0 Å². The highest BCUT2D eigenvalue weighted by Gasteiger charge is 2.38. The summed E-state index contributed by atoms with van der Waals surface area (Å²) in [4.78, 5) is 12.0. The second-order valence-corrected chi connectivity index (χ2v) is 5.67. The molecule has 4 heteroatoms. The van der Waals surface area contributed by atoms with E-state index in [-0.39, 0.29) is 36.1 Å². The minimum absolute atomic E-state index is 0.0438. The number of carbonyl (C=O) groups excluding carboxylic acids is 1. The van der Waals surface area contributed by atoms with E-state index < -0.39 is 0 Å². The minimum atomic E-state index is -0.200. The normalized spacial score (nSPS) is 26.3. The lowest BCUT2D eigenvalue weighted by Crippen LogP contribution is -2.45. The number of benzene rings is 1. The quantitative estimate of drug-likeness (QED) is 0.773. The number of phenols is 1. The van der Waals surface area contributed by atoms with Crippen molar-refractivity contribution in [2.45, 2.75) is 38.6 Å². The van der Waals surface area contributed by atoms with Gasteiger partial charge in [0.25, 0.3) is 0 Å². The van der Waals surface area contributed by atoms with Crippen LogP contribution in [-0.4, -0.2) is 28.8 Å². The zero-order chi connectivity index (χ0) is 13.9. The molecule has 2 rings (SSSR count). The standard InChI is InChI=1S/C15H21NO3/c1-15(10-17)7-3-6-13(15)16-14(19)9-11-4-2-5-12(18)8-11/h2,4-5,8,13,17-18H,3,6-7,9-10H2,1H3,(H,16,19). The van der Waals surface area contributed by atoms with E-state index in [4.69, 9.17) is 0 Å². The SMILES string of the molecule is CC1(CO)CCCC1NC(=O)Cc1cccc(O)c1. The molecule has 1 saturated carbocycles.